The predicted octanol–water partition coefficient (Wildman–Crippen LogP) is 1.20. The van der Waals surface area contributed by atoms with Crippen molar-refractivity contribution in [2.75, 3.05) is 0 Å². The van der Waals surface area contributed by atoms with E-state index in [1.165, 1.54) is 18.0 Å². The highest BCUT2D eigenvalue weighted by atomic mass is 32.2. The molecule has 0 amide bonds. The lowest BCUT2D eigenvalue weighted by Crippen LogP contribution is -2.04. The molecule has 0 fully saturated rings. The molecule has 0 bridgehead atoms. The van der Waals surface area contributed by atoms with Crippen molar-refractivity contribution < 1.29 is 9.90 Å². The van der Waals surface area contributed by atoms with Crippen LogP contribution in [-0.2, 0) is 12.8 Å². The predicted molar refractivity (Wildman–Crippen MR) is 61.8 cm³/mol. The smallest absolute Gasteiger partial charge is 0.354 e. The Morgan fingerprint density at radius 2 is 2.41 bits per heavy atom. The standard InChI is InChI=1S/C10H10N4O2S/c1-14-6-12-13-10(14)17-5-7-3-2-4-11-8(7)9(15)16/h2-4,6H,5H2,1H3,(H,15,16). The van der Waals surface area contributed by atoms with E-state index in [-0.39, 0.29) is 5.69 Å². The van der Waals surface area contributed by atoms with Gasteiger partial charge in [-0.15, -0.1) is 10.2 Å². The van der Waals surface area contributed by atoms with Crippen LogP contribution < -0.4 is 0 Å². The van der Waals surface area contributed by atoms with Crippen molar-refractivity contribution in [2.45, 2.75) is 10.9 Å². The lowest BCUT2D eigenvalue weighted by atomic mass is 10.2. The number of pyridine rings is 1. The fourth-order valence-corrected chi connectivity index (χ4v) is 2.17. The van der Waals surface area contributed by atoms with Crippen LogP contribution in [0.25, 0.3) is 0 Å². The average Bonchev–Trinajstić information content (AvgIpc) is 2.72. The van der Waals surface area contributed by atoms with Gasteiger partial charge < -0.3 is 9.67 Å². The number of aromatic nitrogens is 4. The van der Waals surface area contributed by atoms with Crippen LogP contribution in [-0.4, -0.2) is 30.8 Å². The van der Waals surface area contributed by atoms with Gasteiger partial charge in [0.25, 0.3) is 0 Å². The highest BCUT2D eigenvalue weighted by Crippen LogP contribution is 2.21. The first-order valence-corrected chi connectivity index (χ1v) is 5.81. The van der Waals surface area contributed by atoms with Gasteiger partial charge in [0.2, 0.25) is 0 Å². The summed E-state index contributed by atoms with van der Waals surface area (Å²) in [6.07, 6.45) is 3.07. The monoisotopic (exact) mass is 250 g/mol. The second-order valence-electron chi connectivity index (χ2n) is 3.33. The summed E-state index contributed by atoms with van der Waals surface area (Å²) in [7, 11) is 1.84. The van der Waals surface area contributed by atoms with Gasteiger partial charge in [-0.3, -0.25) is 0 Å². The summed E-state index contributed by atoms with van der Waals surface area (Å²) < 4.78 is 1.78. The summed E-state index contributed by atoms with van der Waals surface area (Å²) >= 11 is 1.42. The number of carboxylic acids is 1. The Labute approximate surface area is 102 Å². The fourth-order valence-electron chi connectivity index (χ4n) is 1.29. The zero-order valence-corrected chi connectivity index (χ0v) is 9.89. The van der Waals surface area contributed by atoms with Crippen LogP contribution in [0, 0.1) is 0 Å². The van der Waals surface area contributed by atoms with E-state index in [0.717, 1.165) is 5.16 Å². The lowest BCUT2D eigenvalue weighted by molar-refractivity contribution is 0.0689. The molecule has 0 spiro atoms. The Kier molecular flexibility index (Phi) is 3.38. The molecule has 2 aromatic rings. The number of hydrogen-bond acceptors (Lipinski definition) is 5. The summed E-state index contributed by atoms with van der Waals surface area (Å²) in [5, 5.41) is 17.4. The molecule has 88 valence electrons. The Hall–Kier alpha value is -1.89. The molecule has 0 radical (unpaired) electrons. The van der Waals surface area contributed by atoms with Crippen molar-refractivity contribution in [3.05, 3.63) is 35.9 Å². The van der Waals surface area contributed by atoms with Gasteiger partial charge in [-0.25, -0.2) is 9.78 Å². The molecule has 0 saturated carbocycles. The van der Waals surface area contributed by atoms with Gasteiger partial charge in [0.15, 0.2) is 10.9 Å². The molecule has 0 aliphatic carbocycles. The van der Waals surface area contributed by atoms with Crippen molar-refractivity contribution in [1.29, 1.82) is 0 Å². The minimum Gasteiger partial charge on any atom is -0.477 e. The van der Waals surface area contributed by atoms with Gasteiger partial charge in [0.1, 0.15) is 6.33 Å². The summed E-state index contributed by atoms with van der Waals surface area (Å²) in [4.78, 5) is 14.8. The minimum atomic E-state index is -1.01. The van der Waals surface area contributed by atoms with Gasteiger partial charge in [-0.1, -0.05) is 17.8 Å². The number of nitrogens with zero attached hydrogens (tertiary/aromatic N) is 4. The van der Waals surface area contributed by atoms with E-state index in [1.807, 2.05) is 7.05 Å². The second-order valence-corrected chi connectivity index (χ2v) is 4.27. The maximum absolute atomic E-state index is 10.9. The van der Waals surface area contributed by atoms with Crippen molar-refractivity contribution in [3.8, 4) is 0 Å². The summed E-state index contributed by atoms with van der Waals surface area (Å²) in [5.41, 5.74) is 0.759. The maximum atomic E-state index is 10.9. The van der Waals surface area contributed by atoms with E-state index >= 15 is 0 Å². The van der Waals surface area contributed by atoms with Gasteiger partial charge in [-0.2, -0.15) is 0 Å². The van der Waals surface area contributed by atoms with Crippen molar-refractivity contribution in [3.63, 3.8) is 0 Å². The average molecular weight is 250 g/mol. The molecule has 0 aromatic carbocycles. The second kappa shape index (κ2) is 4.96. The Morgan fingerprint density at radius 3 is 3.06 bits per heavy atom. The van der Waals surface area contributed by atoms with Gasteiger partial charge in [0.05, 0.1) is 0 Å². The zero-order chi connectivity index (χ0) is 12.3. The van der Waals surface area contributed by atoms with E-state index in [4.69, 9.17) is 5.11 Å². The first kappa shape index (κ1) is 11.6. The van der Waals surface area contributed by atoms with E-state index in [1.54, 1.807) is 23.0 Å². The third-order valence-electron chi connectivity index (χ3n) is 2.12. The SMILES string of the molecule is Cn1cnnc1SCc1cccnc1C(=O)O. The van der Waals surface area contributed by atoms with E-state index in [9.17, 15) is 4.79 Å². The van der Waals surface area contributed by atoms with Crippen LogP contribution >= 0.6 is 11.8 Å². The lowest BCUT2D eigenvalue weighted by Gasteiger charge is -2.03. The summed E-state index contributed by atoms with van der Waals surface area (Å²) in [5.74, 6) is -0.513. The van der Waals surface area contributed by atoms with E-state index in [0.29, 0.717) is 11.3 Å². The Morgan fingerprint density at radius 1 is 1.59 bits per heavy atom. The maximum Gasteiger partial charge on any atom is 0.354 e. The first-order chi connectivity index (χ1) is 8.18. The molecule has 0 aliphatic rings. The number of carbonyl (C=O) groups is 1. The molecule has 0 saturated heterocycles. The van der Waals surface area contributed by atoms with Crippen LogP contribution in [0.2, 0.25) is 0 Å². The molecule has 1 N–H and O–H groups in total. The molecule has 2 rings (SSSR count). The third kappa shape index (κ3) is 2.62. The number of hydrogen-bond donors (Lipinski definition) is 1. The molecular formula is C10H10N4O2S. The quantitative estimate of drug-likeness (QED) is 0.821. The highest BCUT2D eigenvalue weighted by Gasteiger charge is 2.12. The number of aromatic carboxylic acids is 1. The van der Waals surface area contributed by atoms with E-state index in [2.05, 4.69) is 15.2 Å². The van der Waals surface area contributed by atoms with Crippen molar-refractivity contribution >= 4 is 17.7 Å². The minimum absolute atomic E-state index is 0.0853. The van der Waals surface area contributed by atoms with Crippen LogP contribution in [0.1, 0.15) is 16.1 Å². The molecule has 0 unspecified atom stereocenters. The molecule has 0 aliphatic heterocycles. The molecule has 2 heterocycles. The summed E-state index contributed by atoms with van der Waals surface area (Å²) in [6, 6.07) is 3.47. The molecule has 0 atom stereocenters. The van der Waals surface area contributed by atoms with Crippen molar-refractivity contribution in [2.24, 2.45) is 7.05 Å². The van der Waals surface area contributed by atoms with Gasteiger partial charge >= 0.3 is 5.97 Å². The van der Waals surface area contributed by atoms with Crippen LogP contribution in [0.15, 0.2) is 29.8 Å². The molecule has 6 nitrogen and oxygen atoms in total. The highest BCUT2D eigenvalue weighted by molar-refractivity contribution is 7.98. The number of carboxylic acid groups (broad SMARTS) is 1. The Balaban J connectivity index is 2.14. The topological polar surface area (TPSA) is 80.9 Å². The zero-order valence-electron chi connectivity index (χ0n) is 9.07. The van der Waals surface area contributed by atoms with Crippen molar-refractivity contribution in [1.82, 2.24) is 19.7 Å². The molecular weight excluding hydrogens is 240 g/mol. The largest absolute Gasteiger partial charge is 0.477 e. The summed E-state index contributed by atoms with van der Waals surface area (Å²) in [6.45, 7) is 0. The van der Waals surface area contributed by atoms with Gasteiger partial charge in [0, 0.05) is 19.0 Å². The van der Waals surface area contributed by atoms with Crippen LogP contribution in [0.5, 0.6) is 0 Å². The van der Waals surface area contributed by atoms with Crippen LogP contribution in [0.3, 0.4) is 0 Å². The van der Waals surface area contributed by atoms with Crippen LogP contribution in [0.4, 0.5) is 0 Å². The Bertz CT molecular complexity index is 541. The molecule has 7 heteroatoms. The molecule has 2 aromatic heterocycles. The number of rotatable bonds is 4. The normalized spacial score (nSPS) is 10.4. The first-order valence-electron chi connectivity index (χ1n) is 4.82. The number of thioether (sulfide) groups is 1. The van der Waals surface area contributed by atoms with Gasteiger partial charge in [-0.05, 0) is 11.6 Å². The van der Waals surface area contributed by atoms with E-state index < -0.39 is 5.97 Å². The third-order valence-corrected chi connectivity index (χ3v) is 3.20. The number of aryl methyl sites for hydroxylation is 1. The fraction of sp³-hybridized carbons (Fsp3) is 0.200. The molecule has 17 heavy (non-hydrogen) atoms.